The van der Waals surface area contributed by atoms with Crippen LogP contribution in [0.1, 0.15) is 0 Å². The lowest BCUT2D eigenvalue weighted by molar-refractivity contribution is -0.0633. The van der Waals surface area contributed by atoms with Gasteiger partial charge in [0.1, 0.15) is 18.3 Å². The van der Waals surface area contributed by atoms with Crippen LogP contribution in [-0.4, -0.2) is 58.4 Å². The maximum Gasteiger partial charge on any atom is 0.111 e. The van der Waals surface area contributed by atoms with Gasteiger partial charge >= 0.3 is 0 Å². The third kappa shape index (κ3) is 1.90. The predicted molar refractivity (Wildman–Crippen MR) is 46.0 cm³/mol. The van der Waals surface area contributed by atoms with Gasteiger partial charge in [-0.1, -0.05) is 6.08 Å². The molecule has 0 aromatic heterocycles. The molecule has 1 aliphatic rings. The fourth-order valence-electron chi connectivity index (χ4n) is 1.45. The molecule has 76 valence electrons. The van der Waals surface area contributed by atoms with Gasteiger partial charge in [0.05, 0.1) is 12.6 Å². The van der Waals surface area contributed by atoms with Crippen molar-refractivity contribution in [3.05, 3.63) is 11.6 Å². The Balaban J connectivity index is 2.86. The van der Waals surface area contributed by atoms with Gasteiger partial charge in [0.25, 0.3) is 0 Å². The molecule has 1 aliphatic carbocycles. The number of likely N-dealkylation sites (N-methyl/N-ethyl adjacent to an activating group) is 1. The fraction of sp³-hybridized carbons (Fsp3) is 0.750. The molecule has 0 saturated heterocycles. The molecule has 0 fully saturated rings. The molecule has 13 heavy (non-hydrogen) atoms. The van der Waals surface area contributed by atoms with Crippen LogP contribution in [-0.2, 0) is 0 Å². The normalized spacial score (nSPS) is 40.2. The zero-order valence-corrected chi connectivity index (χ0v) is 7.38. The minimum Gasteiger partial charge on any atom is -0.392 e. The topological polar surface area (TPSA) is 93.0 Å². The van der Waals surface area contributed by atoms with Gasteiger partial charge in [0.15, 0.2) is 0 Å². The molecule has 5 N–H and O–H groups in total. The summed E-state index contributed by atoms with van der Waals surface area (Å²) in [4.78, 5) is 0. The van der Waals surface area contributed by atoms with Crippen LogP contribution in [0.4, 0.5) is 0 Å². The van der Waals surface area contributed by atoms with E-state index in [0.717, 1.165) is 0 Å². The van der Waals surface area contributed by atoms with Gasteiger partial charge in [-0.15, -0.1) is 0 Å². The Kier molecular flexibility index (Phi) is 3.40. The van der Waals surface area contributed by atoms with Gasteiger partial charge < -0.3 is 25.7 Å². The van der Waals surface area contributed by atoms with E-state index in [4.69, 9.17) is 5.11 Å². The van der Waals surface area contributed by atoms with Crippen molar-refractivity contribution < 1.29 is 20.4 Å². The third-order valence-electron chi connectivity index (χ3n) is 2.33. The maximum atomic E-state index is 9.42. The Labute approximate surface area is 76.3 Å². The molecule has 0 aromatic carbocycles. The largest absolute Gasteiger partial charge is 0.392 e. The molecule has 5 nitrogen and oxygen atoms in total. The highest BCUT2D eigenvalue weighted by atomic mass is 16.4. The summed E-state index contributed by atoms with van der Waals surface area (Å²) in [7, 11) is 1.63. The molecular weight excluding hydrogens is 174 g/mol. The number of nitrogens with one attached hydrogen (secondary N) is 1. The smallest absolute Gasteiger partial charge is 0.111 e. The first-order valence-corrected chi connectivity index (χ1v) is 4.14. The Morgan fingerprint density at radius 3 is 2.38 bits per heavy atom. The number of aliphatic hydroxyl groups excluding tert-OH is 4. The summed E-state index contributed by atoms with van der Waals surface area (Å²) < 4.78 is 0. The van der Waals surface area contributed by atoms with Crippen molar-refractivity contribution >= 4 is 0 Å². The average molecular weight is 189 g/mol. The Morgan fingerprint density at radius 2 is 1.92 bits per heavy atom. The van der Waals surface area contributed by atoms with E-state index in [1.165, 1.54) is 6.08 Å². The highest BCUT2D eigenvalue weighted by Crippen LogP contribution is 2.19. The zero-order valence-electron chi connectivity index (χ0n) is 7.38. The lowest BCUT2D eigenvalue weighted by Crippen LogP contribution is -2.53. The standard InChI is InChI=1S/C8H15NO4/c1-9-5-2-4(3-10)6(11)8(13)7(5)12/h2,5-13H,3H2,1H3/t5-,6?,7?,8+/m1/s1. The first kappa shape index (κ1) is 10.6. The lowest BCUT2D eigenvalue weighted by atomic mass is 9.88. The predicted octanol–water partition coefficient (Wildman–Crippen LogP) is -2.41. The molecule has 4 atom stereocenters. The summed E-state index contributed by atoms with van der Waals surface area (Å²) in [6.45, 7) is -0.316. The molecule has 0 aliphatic heterocycles. The summed E-state index contributed by atoms with van der Waals surface area (Å²) in [6, 6.07) is -0.430. The summed E-state index contributed by atoms with van der Waals surface area (Å²) in [5.74, 6) is 0. The number of hydrogen-bond acceptors (Lipinski definition) is 5. The van der Waals surface area contributed by atoms with E-state index in [1.54, 1.807) is 7.05 Å². The van der Waals surface area contributed by atoms with Crippen molar-refractivity contribution in [2.24, 2.45) is 0 Å². The monoisotopic (exact) mass is 189 g/mol. The molecule has 0 spiro atoms. The van der Waals surface area contributed by atoms with E-state index < -0.39 is 24.4 Å². The molecular formula is C8H15NO4. The maximum absolute atomic E-state index is 9.42. The van der Waals surface area contributed by atoms with Gasteiger partial charge in [-0.3, -0.25) is 0 Å². The molecule has 2 unspecified atom stereocenters. The molecule has 0 heterocycles. The second-order valence-electron chi connectivity index (χ2n) is 3.14. The minimum absolute atomic E-state index is 0.316. The van der Waals surface area contributed by atoms with E-state index in [-0.39, 0.29) is 6.61 Å². The minimum atomic E-state index is -1.25. The Morgan fingerprint density at radius 1 is 1.31 bits per heavy atom. The van der Waals surface area contributed by atoms with Crippen LogP contribution in [0.5, 0.6) is 0 Å². The Bertz CT molecular complexity index is 206. The SMILES string of the molecule is CN[C@@H]1C=C(CO)C(O)[C@H](O)C1O. The lowest BCUT2D eigenvalue weighted by Gasteiger charge is -2.33. The average Bonchev–Trinajstić information content (AvgIpc) is 2.15. The van der Waals surface area contributed by atoms with Gasteiger partial charge in [0, 0.05) is 0 Å². The van der Waals surface area contributed by atoms with E-state index in [1.807, 2.05) is 0 Å². The highest BCUT2D eigenvalue weighted by Gasteiger charge is 2.36. The fourth-order valence-corrected chi connectivity index (χ4v) is 1.45. The van der Waals surface area contributed by atoms with Crippen molar-refractivity contribution in [2.75, 3.05) is 13.7 Å². The van der Waals surface area contributed by atoms with E-state index >= 15 is 0 Å². The van der Waals surface area contributed by atoms with Crippen molar-refractivity contribution in [1.29, 1.82) is 0 Å². The first-order valence-electron chi connectivity index (χ1n) is 4.14. The van der Waals surface area contributed by atoms with E-state index in [2.05, 4.69) is 5.32 Å². The van der Waals surface area contributed by atoms with Gasteiger partial charge in [-0.2, -0.15) is 0 Å². The number of rotatable bonds is 2. The summed E-state index contributed by atoms with van der Waals surface area (Å²) in [6.07, 6.45) is -1.94. The van der Waals surface area contributed by atoms with Crippen molar-refractivity contribution in [3.8, 4) is 0 Å². The van der Waals surface area contributed by atoms with Crippen molar-refractivity contribution in [2.45, 2.75) is 24.4 Å². The van der Waals surface area contributed by atoms with Crippen molar-refractivity contribution in [1.82, 2.24) is 5.32 Å². The van der Waals surface area contributed by atoms with Crippen LogP contribution in [0.25, 0.3) is 0 Å². The summed E-state index contributed by atoms with van der Waals surface area (Å²) >= 11 is 0. The van der Waals surface area contributed by atoms with Crippen LogP contribution >= 0.6 is 0 Å². The summed E-state index contributed by atoms with van der Waals surface area (Å²) in [5, 5.41) is 39.7. The Hall–Kier alpha value is -0.460. The van der Waals surface area contributed by atoms with Crippen LogP contribution in [0, 0.1) is 0 Å². The van der Waals surface area contributed by atoms with Gasteiger partial charge in [0.2, 0.25) is 0 Å². The molecule has 0 aromatic rings. The van der Waals surface area contributed by atoms with Crippen LogP contribution in [0.2, 0.25) is 0 Å². The molecule has 5 heteroatoms. The number of aliphatic hydroxyl groups is 4. The van der Waals surface area contributed by atoms with Crippen LogP contribution in [0.15, 0.2) is 11.6 Å². The van der Waals surface area contributed by atoms with Gasteiger partial charge in [-0.05, 0) is 12.6 Å². The number of hydrogen-bond donors (Lipinski definition) is 5. The quantitative estimate of drug-likeness (QED) is 0.312. The molecule has 0 radical (unpaired) electrons. The molecule has 1 rings (SSSR count). The highest BCUT2D eigenvalue weighted by molar-refractivity contribution is 5.21. The van der Waals surface area contributed by atoms with Crippen molar-refractivity contribution in [3.63, 3.8) is 0 Å². The third-order valence-corrected chi connectivity index (χ3v) is 2.33. The molecule has 0 bridgehead atoms. The van der Waals surface area contributed by atoms with E-state index in [0.29, 0.717) is 5.57 Å². The van der Waals surface area contributed by atoms with Gasteiger partial charge in [-0.25, -0.2) is 0 Å². The zero-order chi connectivity index (χ0) is 10.0. The second-order valence-corrected chi connectivity index (χ2v) is 3.14. The first-order chi connectivity index (χ1) is 6.11. The van der Waals surface area contributed by atoms with Crippen LogP contribution in [0.3, 0.4) is 0 Å². The molecule has 0 amide bonds. The second kappa shape index (κ2) is 4.17. The van der Waals surface area contributed by atoms with E-state index in [9.17, 15) is 15.3 Å². The molecule has 0 saturated carbocycles. The van der Waals surface area contributed by atoms with Crippen LogP contribution < -0.4 is 5.32 Å². The summed E-state index contributed by atoms with van der Waals surface area (Å²) in [5.41, 5.74) is 0.331.